The third-order valence-electron chi connectivity index (χ3n) is 6.04. The topological polar surface area (TPSA) is 65.4 Å². The van der Waals surface area contributed by atoms with Crippen molar-refractivity contribution in [3.63, 3.8) is 0 Å². The molecule has 4 aromatic rings. The lowest BCUT2D eigenvalue weighted by Gasteiger charge is -2.25. The van der Waals surface area contributed by atoms with E-state index in [-0.39, 0.29) is 11.8 Å². The SMILES string of the molecule is COc1cccc(-c2nn(Cc3ccccc3)cc2C(=O)NCC2COc3ccccc3C2)c1. The minimum absolute atomic E-state index is 0.143. The number of carbonyl (C=O) groups is 1. The average molecular weight is 454 g/mol. The highest BCUT2D eigenvalue weighted by Crippen LogP contribution is 2.28. The number of aromatic nitrogens is 2. The van der Waals surface area contributed by atoms with Gasteiger partial charge in [0.1, 0.15) is 17.2 Å². The Labute approximate surface area is 199 Å². The smallest absolute Gasteiger partial charge is 0.255 e. The number of hydrogen-bond donors (Lipinski definition) is 1. The van der Waals surface area contributed by atoms with Gasteiger partial charge in [0.15, 0.2) is 0 Å². The zero-order valence-corrected chi connectivity index (χ0v) is 19.1. The highest BCUT2D eigenvalue weighted by Gasteiger charge is 2.23. The molecule has 5 rings (SSSR count). The van der Waals surface area contributed by atoms with Gasteiger partial charge in [0.25, 0.3) is 5.91 Å². The molecular formula is C28H27N3O3. The number of nitrogens with one attached hydrogen (secondary N) is 1. The van der Waals surface area contributed by atoms with Crippen molar-refractivity contribution in [2.24, 2.45) is 5.92 Å². The molecule has 0 aliphatic carbocycles. The van der Waals surface area contributed by atoms with Crippen molar-refractivity contribution in [2.75, 3.05) is 20.3 Å². The van der Waals surface area contributed by atoms with Crippen LogP contribution in [0.15, 0.2) is 85.1 Å². The molecule has 0 saturated carbocycles. The van der Waals surface area contributed by atoms with E-state index >= 15 is 0 Å². The zero-order valence-electron chi connectivity index (χ0n) is 19.1. The summed E-state index contributed by atoms with van der Waals surface area (Å²) in [5.41, 5.74) is 4.32. The molecule has 1 atom stereocenters. The van der Waals surface area contributed by atoms with Crippen LogP contribution in [0, 0.1) is 5.92 Å². The molecule has 1 aliphatic rings. The van der Waals surface area contributed by atoms with Crippen LogP contribution in [0.4, 0.5) is 0 Å². The first-order valence-corrected chi connectivity index (χ1v) is 11.4. The number of rotatable bonds is 7. The Kier molecular flexibility index (Phi) is 6.29. The van der Waals surface area contributed by atoms with E-state index in [1.54, 1.807) is 7.11 Å². The second kappa shape index (κ2) is 9.83. The quantitative estimate of drug-likeness (QED) is 0.445. The number of para-hydroxylation sites is 1. The number of ether oxygens (including phenoxy) is 2. The van der Waals surface area contributed by atoms with Crippen molar-refractivity contribution in [3.8, 4) is 22.8 Å². The Hall–Kier alpha value is -4.06. The van der Waals surface area contributed by atoms with Crippen LogP contribution in [0.2, 0.25) is 0 Å². The number of carbonyl (C=O) groups excluding carboxylic acids is 1. The van der Waals surface area contributed by atoms with Crippen LogP contribution in [-0.2, 0) is 13.0 Å². The van der Waals surface area contributed by atoms with Gasteiger partial charge in [-0.15, -0.1) is 0 Å². The standard InChI is InChI=1S/C28H27N3O3/c1-33-24-12-7-11-23(15-24)27-25(18-31(30-27)17-20-8-3-2-4-9-20)28(32)29-16-21-14-22-10-5-6-13-26(22)34-19-21/h2-13,15,18,21H,14,16-17,19H2,1H3,(H,29,32). The first-order valence-electron chi connectivity index (χ1n) is 11.4. The van der Waals surface area contributed by atoms with E-state index in [1.807, 2.05) is 83.7 Å². The fraction of sp³-hybridized carbons (Fsp3) is 0.214. The van der Waals surface area contributed by atoms with Crippen molar-refractivity contribution in [1.29, 1.82) is 0 Å². The third-order valence-corrected chi connectivity index (χ3v) is 6.04. The van der Waals surface area contributed by atoms with E-state index in [0.717, 1.165) is 29.0 Å². The molecule has 2 heterocycles. The Bertz CT molecular complexity index is 1280. The van der Waals surface area contributed by atoms with Gasteiger partial charge in [0.05, 0.1) is 25.8 Å². The summed E-state index contributed by atoms with van der Waals surface area (Å²) < 4.78 is 13.1. The Morgan fingerprint density at radius 1 is 1.09 bits per heavy atom. The highest BCUT2D eigenvalue weighted by atomic mass is 16.5. The van der Waals surface area contributed by atoms with Crippen LogP contribution in [0.1, 0.15) is 21.5 Å². The van der Waals surface area contributed by atoms with Crippen LogP contribution < -0.4 is 14.8 Å². The van der Waals surface area contributed by atoms with Gasteiger partial charge >= 0.3 is 0 Å². The summed E-state index contributed by atoms with van der Waals surface area (Å²) in [6.45, 7) is 1.71. The molecule has 1 unspecified atom stereocenters. The highest BCUT2D eigenvalue weighted by molar-refractivity contribution is 5.99. The third kappa shape index (κ3) is 4.81. The van der Waals surface area contributed by atoms with E-state index in [1.165, 1.54) is 5.56 Å². The van der Waals surface area contributed by atoms with Gasteiger partial charge in [-0.05, 0) is 35.7 Å². The van der Waals surface area contributed by atoms with Gasteiger partial charge in [-0.3, -0.25) is 9.48 Å². The molecule has 0 spiro atoms. The van der Waals surface area contributed by atoms with Gasteiger partial charge in [-0.2, -0.15) is 5.10 Å². The monoisotopic (exact) mass is 453 g/mol. The van der Waals surface area contributed by atoms with E-state index in [9.17, 15) is 4.79 Å². The molecule has 34 heavy (non-hydrogen) atoms. The number of fused-ring (bicyclic) bond motifs is 1. The molecule has 3 aromatic carbocycles. The minimum Gasteiger partial charge on any atom is -0.497 e. The second-order valence-corrected chi connectivity index (χ2v) is 8.51. The van der Waals surface area contributed by atoms with Gasteiger partial charge < -0.3 is 14.8 Å². The fourth-order valence-corrected chi connectivity index (χ4v) is 4.28. The van der Waals surface area contributed by atoms with Crippen LogP contribution in [0.25, 0.3) is 11.3 Å². The molecule has 1 aliphatic heterocycles. The molecule has 1 aromatic heterocycles. The van der Waals surface area contributed by atoms with Crippen LogP contribution in [-0.4, -0.2) is 35.9 Å². The molecule has 6 nitrogen and oxygen atoms in total. The lowest BCUT2D eigenvalue weighted by molar-refractivity contribution is 0.0939. The van der Waals surface area contributed by atoms with Gasteiger partial charge in [0.2, 0.25) is 0 Å². The molecule has 1 N–H and O–H groups in total. The molecule has 172 valence electrons. The van der Waals surface area contributed by atoms with E-state index in [4.69, 9.17) is 14.6 Å². The predicted molar refractivity (Wildman–Crippen MR) is 131 cm³/mol. The number of methoxy groups -OCH3 is 1. The van der Waals surface area contributed by atoms with Crippen LogP contribution >= 0.6 is 0 Å². The summed E-state index contributed by atoms with van der Waals surface area (Å²) >= 11 is 0. The molecule has 0 fully saturated rings. The van der Waals surface area contributed by atoms with Gasteiger partial charge in [0, 0.05) is 24.2 Å². The normalized spacial score (nSPS) is 14.7. The number of nitrogens with zero attached hydrogens (tertiary/aromatic N) is 2. The van der Waals surface area contributed by atoms with E-state index in [2.05, 4.69) is 11.4 Å². The maximum Gasteiger partial charge on any atom is 0.255 e. The lowest BCUT2D eigenvalue weighted by Crippen LogP contribution is -2.34. The van der Waals surface area contributed by atoms with Crippen LogP contribution in [0.3, 0.4) is 0 Å². The molecule has 0 radical (unpaired) electrons. The Morgan fingerprint density at radius 3 is 2.76 bits per heavy atom. The number of hydrogen-bond acceptors (Lipinski definition) is 4. The number of amides is 1. The summed E-state index contributed by atoms with van der Waals surface area (Å²) in [5, 5.41) is 7.88. The molecule has 0 saturated heterocycles. The molecular weight excluding hydrogens is 426 g/mol. The fourth-order valence-electron chi connectivity index (χ4n) is 4.28. The zero-order chi connectivity index (χ0) is 23.3. The average Bonchev–Trinajstić information content (AvgIpc) is 3.31. The molecule has 0 bridgehead atoms. The maximum atomic E-state index is 13.3. The van der Waals surface area contributed by atoms with Crippen molar-refractivity contribution in [1.82, 2.24) is 15.1 Å². The molecule has 1 amide bonds. The van der Waals surface area contributed by atoms with Crippen LogP contribution in [0.5, 0.6) is 11.5 Å². The van der Waals surface area contributed by atoms with E-state index < -0.39 is 0 Å². The van der Waals surface area contributed by atoms with Gasteiger partial charge in [-0.1, -0.05) is 60.7 Å². The Morgan fingerprint density at radius 2 is 1.91 bits per heavy atom. The second-order valence-electron chi connectivity index (χ2n) is 8.51. The van der Waals surface area contributed by atoms with E-state index in [0.29, 0.717) is 31.0 Å². The summed E-state index contributed by atoms with van der Waals surface area (Å²) in [4.78, 5) is 13.3. The first-order chi connectivity index (χ1) is 16.7. The minimum atomic E-state index is -0.143. The predicted octanol–water partition coefficient (Wildman–Crippen LogP) is 4.59. The lowest BCUT2D eigenvalue weighted by atomic mass is 9.96. The largest absolute Gasteiger partial charge is 0.497 e. The maximum absolute atomic E-state index is 13.3. The van der Waals surface area contributed by atoms with Crippen molar-refractivity contribution in [2.45, 2.75) is 13.0 Å². The number of benzene rings is 3. The summed E-state index contributed by atoms with van der Waals surface area (Å²) in [6, 6.07) is 25.8. The van der Waals surface area contributed by atoms with Crippen molar-refractivity contribution in [3.05, 3.63) is 102 Å². The summed E-state index contributed by atoms with van der Waals surface area (Å²) in [6.07, 6.45) is 2.70. The molecule has 6 heteroatoms. The van der Waals surface area contributed by atoms with Crippen molar-refractivity contribution >= 4 is 5.91 Å². The van der Waals surface area contributed by atoms with Gasteiger partial charge in [-0.25, -0.2) is 0 Å². The summed E-state index contributed by atoms with van der Waals surface area (Å²) in [7, 11) is 1.63. The van der Waals surface area contributed by atoms with Crippen molar-refractivity contribution < 1.29 is 14.3 Å². The Balaban J connectivity index is 1.37. The summed E-state index contributed by atoms with van der Waals surface area (Å²) in [5.74, 6) is 1.74. The first kappa shape index (κ1) is 21.8.